The molecule has 63 heavy (non-hydrogen) atoms. The zero-order valence-electron chi connectivity index (χ0n) is 38.3. The van der Waals surface area contributed by atoms with E-state index in [9.17, 15) is 0 Å². The van der Waals surface area contributed by atoms with Crippen LogP contribution in [0.15, 0.2) is 132 Å². The smallest absolute Gasteiger partial charge is 0 e. The molecule has 7 heteroatoms. The molecule has 9 rings (SSSR count). The zero-order valence-corrected chi connectivity index (χ0v) is 42.8. The summed E-state index contributed by atoms with van der Waals surface area (Å²) in [4.78, 5) is 14.4. The Labute approximate surface area is 390 Å². The first-order chi connectivity index (χ1) is 29.9. The second-order valence-electron chi connectivity index (χ2n) is 18.1. The summed E-state index contributed by atoms with van der Waals surface area (Å²) < 4.78 is 9.79. The van der Waals surface area contributed by atoms with E-state index in [0.717, 1.165) is 68.6 Å². The Morgan fingerprint density at radius 1 is 0.683 bits per heavy atom. The van der Waals surface area contributed by atoms with Gasteiger partial charge in [0.25, 0.3) is 0 Å². The van der Waals surface area contributed by atoms with Gasteiger partial charge < -0.3 is 4.57 Å². The van der Waals surface area contributed by atoms with E-state index in [0.29, 0.717) is 23.5 Å². The quantitative estimate of drug-likeness (QED) is 0.101. The van der Waals surface area contributed by atoms with Gasteiger partial charge in [-0.15, -0.1) is 35.9 Å². The van der Waals surface area contributed by atoms with Crippen molar-refractivity contribution >= 4 is 50.8 Å². The molecule has 0 spiro atoms. The van der Waals surface area contributed by atoms with Crippen molar-refractivity contribution in [1.29, 1.82) is 0 Å². The SMILES string of the molecule is CCC(C)c1cc(-c2ccccc2)cc(C(C)CC)c1-n1c(-c2[c-]cccc2)nc2ccccc21.Cc1ccc2c(n1)oc1c[c-]c(-c3cc(C(C)C)[c]([Ge]([CH3])([CH3])[CH3])cn3)cc12.[Ir]. The van der Waals surface area contributed by atoms with Gasteiger partial charge in [0.05, 0.1) is 16.9 Å². The van der Waals surface area contributed by atoms with Crippen molar-refractivity contribution < 1.29 is 24.5 Å². The molecule has 5 aromatic carbocycles. The van der Waals surface area contributed by atoms with Crippen LogP contribution >= 0.6 is 0 Å². The third-order valence-corrected chi connectivity index (χ3v) is 16.6. The summed E-state index contributed by atoms with van der Waals surface area (Å²) in [6.07, 6.45) is 4.26. The molecule has 0 fully saturated rings. The Morgan fingerprint density at radius 2 is 1.37 bits per heavy atom. The number of nitrogens with zero attached hydrogens (tertiary/aromatic N) is 4. The number of hydrogen-bond acceptors (Lipinski definition) is 4. The number of benzene rings is 5. The predicted molar refractivity (Wildman–Crippen MR) is 264 cm³/mol. The van der Waals surface area contributed by atoms with E-state index in [4.69, 9.17) is 14.4 Å². The number of fused-ring (bicyclic) bond motifs is 4. The first-order valence-corrected chi connectivity index (χ1v) is 29.6. The molecular formula is C56H58GeIrN4O-2. The number of para-hydroxylation sites is 2. The minimum absolute atomic E-state index is 0. The Kier molecular flexibility index (Phi) is 14.1. The maximum atomic E-state index is 5.89. The first kappa shape index (κ1) is 45.9. The minimum Gasteiger partial charge on any atom is 0 e. The molecule has 0 bridgehead atoms. The van der Waals surface area contributed by atoms with Crippen LogP contribution in [0, 0.1) is 19.1 Å². The van der Waals surface area contributed by atoms with Gasteiger partial charge in [0, 0.05) is 25.8 Å². The molecule has 0 N–H and O–H groups in total. The van der Waals surface area contributed by atoms with Gasteiger partial charge in [0.1, 0.15) is 0 Å². The molecular weight excluding hydrogens is 1010 g/mol. The summed E-state index contributed by atoms with van der Waals surface area (Å²) in [5.74, 6) is 9.52. The standard InChI is InChI=1S/C33H33N2.C23H25GeN2O.Ir/c1-5-23(3)28-21-27(25-15-9-7-10-16-25)22-29(24(4)6-2)32(28)35-31-20-14-13-19-30(31)34-33(35)26-17-11-8-12-18-26;1-14(2)18-12-21(25-13-20(18)24(4,5)6)16-8-10-22-19(11-16)17-9-7-15(3)26-23(17)27-22;/h7-17,19-24H,5-6H2,1-4H3;7,9-14H,1-6H3;/q2*-1;. The molecule has 0 aliphatic carbocycles. The van der Waals surface area contributed by atoms with Crippen molar-refractivity contribution in [3.8, 4) is 39.5 Å². The van der Waals surface area contributed by atoms with Crippen LogP contribution in [0.25, 0.3) is 72.6 Å². The van der Waals surface area contributed by atoms with E-state index in [1.807, 2.05) is 31.2 Å². The van der Waals surface area contributed by atoms with E-state index < -0.39 is 13.3 Å². The summed E-state index contributed by atoms with van der Waals surface area (Å²) in [7, 11) is 0. The fraction of sp³-hybridized carbons (Fsp3) is 0.268. The maximum Gasteiger partial charge on any atom is 0 e. The van der Waals surface area contributed by atoms with Gasteiger partial charge >= 0.3 is 163 Å². The number of rotatable bonds is 10. The van der Waals surface area contributed by atoms with Crippen LogP contribution in [0.1, 0.15) is 94.5 Å². The van der Waals surface area contributed by atoms with E-state index in [2.05, 4.69) is 184 Å². The fourth-order valence-electron chi connectivity index (χ4n) is 8.46. The number of aryl methyl sites for hydroxylation is 1. The average Bonchev–Trinajstić information content (AvgIpc) is 3.86. The molecule has 4 heterocycles. The van der Waals surface area contributed by atoms with Crippen molar-refractivity contribution in [2.45, 2.75) is 96.3 Å². The summed E-state index contributed by atoms with van der Waals surface area (Å²) in [6, 6.07) is 49.5. The molecule has 0 amide bonds. The summed E-state index contributed by atoms with van der Waals surface area (Å²) in [6.45, 7) is 15.8. The van der Waals surface area contributed by atoms with Crippen LogP contribution in [0.2, 0.25) is 17.3 Å². The molecule has 2 atom stereocenters. The minimum atomic E-state index is -1.96. The Hall–Kier alpha value is -5.14. The molecule has 9 aromatic rings. The Bertz CT molecular complexity index is 2970. The number of imidazole rings is 1. The molecule has 0 aliphatic rings. The Morgan fingerprint density at radius 3 is 2.02 bits per heavy atom. The van der Waals surface area contributed by atoms with Gasteiger partial charge in [-0.05, 0) is 71.2 Å². The van der Waals surface area contributed by atoms with Crippen LogP contribution in [0.3, 0.4) is 0 Å². The number of furan rings is 1. The van der Waals surface area contributed by atoms with E-state index in [1.165, 1.54) is 37.9 Å². The third kappa shape index (κ3) is 9.41. The summed E-state index contributed by atoms with van der Waals surface area (Å²) in [5, 5.41) is 2.10. The van der Waals surface area contributed by atoms with Gasteiger partial charge in [-0.2, -0.15) is 0 Å². The summed E-state index contributed by atoms with van der Waals surface area (Å²) >= 11 is -1.96. The van der Waals surface area contributed by atoms with Crippen molar-refractivity contribution in [2.24, 2.45) is 0 Å². The average molecular weight is 1070 g/mol. The predicted octanol–water partition coefficient (Wildman–Crippen LogP) is 15.0. The molecule has 4 aromatic heterocycles. The largest absolute Gasteiger partial charge is 0 e. The molecule has 2 unspecified atom stereocenters. The molecule has 0 saturated carbocycles. The van der Waals surface area contributed by atoms with Crippen LogP contribution in [-0.4, -0.2) is 32.8 Å². The van der Waals surface area contributed by atoms with E-state index in [-0.39, 0.29) is 20.1 Å². The van der Waals surface area contributed by atoms with Crippen molar-refractivity contribution in [1.82, 2.24) is 19.5 Å². The molecule has 0 saturated heterocycles. The number of aromatic nitrogens is 4. The van der Waals surface area contributed by atoms with E-state index >= 15 is 0 Å². The summed E-state index contributed by atoms with van der Waals surface area (Å²) in [5.41, 5.74) is 15.6. The fourth-order valence-corrected chi connectivity index (χ4v) is 12.0. The second kappa shape index (κ2) is 19.3. The van der Waals surface area contributed by atoms with Gasteiger partial charge in [0.15, 0.2) is 0 Å². The molecule has 1 radical (unpaired) electrons. The second-order valence-corrected chi connectivity index (χ2v) is 28.7. The zero-order chi connectivity index (χ0) is 43.7. The molecule has 323 valence electrons. The maximum absolute atomic E-state index is 5.89. The molecule has 0 aliphatic heterocycles. The van der Waals surface area contributed by atoms with Crippen molar-refractivity contribution in [3.63, 3.8) is 0 Å². The van der Waals surface area contributed by atoms with Gasteiger partial charge in [-0.25, -0.2) is 0 Å². The van der Waals surface area contributed by atoms with Crippen LogP contribution in [0.4, 0.5) is 0 Å². The van der Waals surface area contributed by atoms with Gasteiger partial charge in [-0.1, -0.05) is 70.2 Å². The first-order valence-electron chi connectivity index (χ1n) is 22.3. The van der Waals surface area contributed by atoms with Crippen LogP contribution in [0.5, 0.6) is 0 Å². The monoisotopic (exact) mass is 1070 g/mol. The third-order valence-electron chi connectivity index (χ3n) is 12.3. The van der Waals surface area contributed by atoms with Gasteiger partial charge in [0.2, 0.25) is 0 Å². The van der Waals surface area contributed by atoms with Crippen molar-refractivity contribution in [3.05, 3.63) is 162 Å². The van der Waals surface area contributed by atoms with E-state index in [1.54, 1.807) is 0 Å². The Balaban J connectivity index is 0.000000192. The van der Waals surface area contributed by atoms with Crippen LogP contribution in [-0.2, 0) is 20.1 Å². The number of hydrogen-bond donors (Lipinski definition) is 0. The van der Waals surface area contributed by atoms with Crippen LogP contribution < -0.4 is 4.40 Å². The molecule has 5 nitrogen and oxygen atoms in total. The normalized spacial score (nSPS) is 12.6. The topological polar surface area (TPSA) is 56.7 Å². The van der Waals surface area contributed by atoms with Crippen molar-refractivity contribution in [2.75, 3.05) is 0 Å². The van der Waals surface area contributed by atoms with Gasteiger partial charge in [-0.3, -0.25) is 4.98 Å². The number of pyridine rings is 2.